The molecule has 2 amide bonds. The van der Waals surface area contributed by atoms with E-state index in [1.54, 1.807) is 7.05 Å². The van der Waals surface area contributed by atoms with Gasteiger partial charge in [-0.3, -0.25) is 14.6 Å². The van der Waals surface area contributed by atoms with Crippen LogP contribution >= 0.6 is 0 Å². The van der Waals surface area contributed by atoms with Crippen LogP contribution in [0.5, 0.6) is 0 Å². The van der Waals surface area contributed by atoms with Gasteiger partial charge in [0.05, 0.1) is 5.84 Å². The average molecular weight is 339 g/mol. The molecule has 0 aromatic carbocycles. The fraction of sp³-hybridized carbons (Fsp3) is 0.824. The Hall–Kier alpha value is -1.63. The number of nitrogens with one attached hydrogen (secondary N) is 1. The van der Waals surface area contributed by atoms with Crippen LogP contribution in [-0.4, -0.2) is 92.8 Å². The minimum absolute atomic E-state index is 0.0107. The molecule has 1 aliphatic rings. The second-order valence-electron chi connectivity index (χ2n) is 6.61. The Morgan fingerprint density at radius 1 is 1.17 bits per heavy atom. The van der Waals surface area contributed by atoms with Gasteiger partial charge >= 0.3 is 0 Å². The van der Waals surface area contributed by atoms with E-state index in [9.17, 15) is 9.59 Å². The zero-order valence-corrected chi connectivity index (χ0v) is 15.8. The monoisotopic (exact) mass is 339 g/mol. The summed E-state index contributed by atoms with van der Waals surface area (Å²) in [6.45, 7) is 4.68. The van der Waals surface area contributed by atoms with E-state index in [4.69, 9.17) is 0 Å². The predicted octanol–water partition coefficient (Wildman–Crippen LogP) is 0.415. The molecule has 0 aromatic rings. The van der Waals surface area contributed by atoms with Gasteiger partial charge in [0, 0.05) is 73.1 Å². The number of amidine groups is 1. The Balaban J connectivity index is 2.31. The maximum absolute atomic E-state index is 12.4. The Labute approximate surface area is 146 Å². The number of nitrogens with zero attached hydrogens (tertiary/aromatic N) is 4. The molecule has 1 aliphatic heterocycles. The molecule has 24 heavy (non-hydrogen) atoms. The number of aliphatic imine (C=N–C) groups is 1. The summed E-state index contributed by atoms with van der Waals surface area (Å²) in [7, 11) is 7.76. The van der Waals surface area contributed by atoms with Crippen LogP contribution in [0.3, 0.4) is 0 Å². The molecule has 0 bridgehead atoms. The highest BCUT2D eigenvalue weighted by atomic mass is 16.2. The average Bonchev–Trinajstić information content (AvgIpc) is 2.54. The van der Waals surface area contributed by atoms with Crippen LogP contribution in [0.1, 0.15) is 32.6 Å². The molecule has 7 heteroatoms. The van der Waals surface area contributed by atoms with E-state index >= 15 is 0 Å². The van der Waals surface area contributed by atoms with Gasteiger partial charge in [-0.2, -0.15) is 0 Å². The summed E-state index contributed by atoms with van der Waals surface area (Å²) in [5, 5.41) is 2.82. The molecule has 7 nitrogen and oxygen atoms in total. The van der Waals surface area contributed by atoms with Crippen molar-refractivity contribution in [1.82, 2.24) is 20.0 Å². The van der Waals surface area contributed by atoms with Crippen LogP contribution in [0.25, 0.3) is 0 Å². The summed E-state index contributed by atoms with van der Waals surface area (Å²) in [5.41, 5.74) is 0. The molecule has 0 spiro atoms. The van der Waals surface area contributed by atoms with Crippen molar-refractivity contribution in [3.05, 3.63) is 0 Å². The largest absolute Gasteiger partial charge is 0.366 e. The predicted molar refractivity (Wildman–Crippen MR) is 97.2 cm³/mol. The normalized spacial score (nSPS) is 16.4. The highest BCUT2D eigenvalue weighted by molar-refractivity contribution is 5.86. The SMILES string of the molecule is C/N=C(/CCC(=O)N1CCC(N(C)CCNC(C)=O)CC1)N(C)C. The first kappa shape index (κ1) is 20.4. The van der Waals surface area contributed by atoms with E-state index in [0.717, 1.165) is 38.3 Å². The summed E-state index contributed by atoms with van der Waals surface area (Å²) in [6.07, 6.45) is 3.20. The molecule has 0 unspecified atom stereocenters. The van der Waals surface area contributed by atoms with E-state index in [1.807, 2.05) is 23.9 Å². The van der Waals surface area contributed by atoms with Gasteiger partial charge < -0.3 is 20.0 Å². The molecule has 1 heterocycles. The van der Waals surface area contributed by atoms with Crippen LogP contribution < -0.4 is 5.32 Å². The molecule has 1 fully saturated rings. The minimum atomic E-state index is 0.0107. The Kier molecular flexibility index (Phi) is 8.74. The number of likely N-dealkylation sites (tertiary alicyclic amines) is 1. The zero-order valence-electron chi connectivity index (χ0n) is 15.8. The van der Waals surface area contributed by atoms with Gasteiger partial charge in [0.2, 0.25) is 11.8 Å². The molecular formula is C17H33N5O2. The maximum Gasteiger partial charge on any atom is 0.223 e. The number of amides is 2. The molecular weight excluding hydrogens is 306 g/mol. The second-order valence-corrected chi connectivity index (χ2v) is 6.61. The summed E-state index contributed by atoms with van der Waals surface area (Å²) in [6, 6.07) is 0.484. The maximum atomic E-state index is 12.4. The molecule has 0 aliphatic carbocycles. The fourth-order valence-electron chi connectivity index (χ4n) is 3.06. The molecule has 0 radical (unpaired) electrons. The van der Waals surface area contributed by atoms with Crippen molar-refractivity contribution >= 4 is 17.6 Å². The number of carbonyl (C=O) groups excluding carboxylic acids is 2. The summed E-state index contributed by atoms with van der Waals surface area (Å²) in [4.78, 5) is 33.7. The third-order valence-corrected chi connectivity index (χ3v) is 4.62. The van der Waals surface area contributed by atoms with Crippen molar-refractivity contribution < 1.29 is 9.59 Å². The van der Waals surface area contributed by atoms with E-state index < -0.39 is 0 Å². The highest BCUT2D eigenvalue weighted by Crippen LogP contribution is 2.16. The van der Waals surface area contributed by atoms with Gasteiger partial charge in [0.1, 0.15) is 0 Å². The van der Waals surface area contributed by atoms with Crippen molar-refractivity contribution in [2.75, 3.05) is 54.4 Å². The van der Waals surface area contributed by atoms with Crippen molar-refractivity contribution in [2.24, 2.45) is 4.99 Å². The smallest absolute Gasteiger partial charge is 0.223 e. The summed E-state index contributed by atoms with van der Waals surface area (Å²) >= 11 is 0. The zero-order chi connectivity index (χ0) is 18.1. The highest BCUT2D eigenvalue weighted by Gasteiger charge is 2.25. The summed E-state index contributed by atoms with van der Waals surface area (Å²) < 4.78 is 0. The van der Waals surface area contributed by atoms with Gasteiger partial charge in [0.15, 0.2) is 0 Å². The number of hydrogen-bond donors (Lipinski definition) is 1. The Morgan fingerprint density at radius 2 is 1.79 bits per heavy atom. The molecule has 1 N–H and O–H groups in total. The first-order valence-corrected chi connectivity index (χ1v) is 8.70. The first-order chi connectivity index (χ1) is 11.3. The quantitative estimate of drug-likeness (QED) is 0.539. The molecule has 0 atom stereocenters. The third-order valence-electron chi connectivity index (χ3n) is 4.62. The van der Waals surface area contributed by atoms with Crippen LogP contribution in [0.4, 0.5) is 0 Å². The second kappa shape index (κ2) is 10.3. The minimum Gasteiger partial charge on any atom is -0.366 e. The van der Waals surface area contributed by atoms with Crippen LogP contribution in [0, 0.1) is 0 Å². The van der Waals surface area contributed by atoms with Crippen molar-refractivity contribution in [2.45, 2.75) is 38.6 Å². The Morgan fingerprint density at radius 3 is 2.29 bits per heavy atom. The number of hydrogen-bond acceptors (Lipinski definition) is 4. The van der Waals surface area contributed by atoms with Crippen molar-refractivity contribution in [1.29, 1.82) is 0 Å². The van der Waals surface area contributed by atoms with E-state index in [0.29, 0.717) is 25.4 Å². The summed E-state index contributed by atoms with van der Waals surface area (Å²) in [5.74, 6) is 1.19. The van der Waals surface area contributed by atoms with Crippen molar-refractivity contribution in [3.63, 3.8) is 0 Å². The lowest BCUT2D eigenvalue weighted by Crippen LogP contribution is -2.47. The molecule has 1 rings (SSSR count). The first-order valence-electron chi connectivity index (χ1n) is 8.70. The van der Waals surface area contributed by atoms with E-state index in [2.05, 4.69) is 22.3 Å². The lowest BCUT2D eigenvalue weighted by Gasteiger charge is -2.37. The van der Waals surface area contributed by atoms with Crippen LogP contribution in [0.2, 0.25) is 0 Å². The fourth-order valence-corrected chi connectivity index (χ4v) is 3.06. The van der Waals surface area contributed by atoms with Gasteiger partial charge in [-0.25, -0.2) is 0 Å². The molecule has 0 aromatic heterocycles. The van der Waals surface area contributed by atoms with Gasteiger partial charge in [-0.05, 0) is 19.9 Å². The number of piperidine rings is 1. The molecule has 1 saturated heterocycles. The van der Waals surface area contributed by atoms with Gasteiger partial charge in [0.25, 0.3) is 0 Å². The lowest BCUT2D eigenvalue weighted by atomic mass is 10.0. The van der Waals surface area contributed by atoms with Crippen molar-refractivity contribution in [3.8, 4) is 0 Å². The van der Waals surface area contributed by atoms with Gasteiger partial charge in [-0.1, -0.05) is 0 Å². The van der Waals surface area contributed by atoms with Crippen LogP contribution in [0.15, 0.2) is 4.99 Å². The molecule has 138 valence electrons. The molecule has 0 saturated carbocycles. The lowest BCUT2D eigenvalue weighted by molar-refractivity contribution is -0.132. The third kappa shape index (κ3) is 6.86. The number of carbonyl (C=O) groups is 2. The van der Waals surface area contributed by atoms with Gasteiger partial charge in [-0.15, -0.1) is 0 Å². The topological polar surface area (TPSA) is 68.2 Å². The van der Waals surface area contributed by atoms with E-state index in [-0.39, 0.29) is 11.8 Å². The number of rotatable bonds is 7. The van der Waals surface area contributed by atoms with Crippen LogP contribution in [-0.2, 0) is 9.59 Å². The Bertz CT molecular complexity index is 442. The standard InChI is InChI=1S/C17H33N5O2/c1-14(23)19-10-13-21(5)15-8-11-22(12-9-15)17(24)7-6-16(18-2)20(3)4/h15H,6-13H2,1-5H3,(H,19,23)/b18-16-. The van der Waals surface area contributed by atoms with E-state index in [1.165, 1.54) is 6.92 Å². The number of likely N-dealkylation sites (N-methyl/N-ethyl adjacent to an activating group) is 1.